The van der Waals surface area contributed by atoms with E-state index in [1.54, 1.807) is 20.0 Å². The number of fused-ring (bicyclic) bond motifs is 1. The van der Waals surface area contributed by atoms with Gasteiger partial charge in [-0.2, -0.15) is 17.6 Å². The fourth-order valence-corrected chi connectivity index (χ4v) is 4.46. The van der Waals surface area contributed by atoms with Gasteiger partial charge in [0.1, 0.15) is 0 Å². The lowest BCUT2D eigenvalue weighted by Gasteiger charge is -2.31. The van der Waals surface area contributed by atoms with Gasteiger partial charge in [0.05, 0.1) is 11.4 Å². The van der Waals surface area contributed by atoms with Crippen LogP contribution in [0, 0.1) is 6.92 Å². The minimum absolute atomic E-state index is 0.0923. The van der Waals surface area contributed by atoms with Gasteiger partial charge in [-0.3, -0.25) is 4.57 Å². The summed E-state index contributed by atoms with van der Waals surface area (Å²) in [6.45, 7) is 3.40. The molecule has 1 aliphatic heterocycles. The molecule has 12 heteroatoms. The Bertz CT molecular complexity index is 1040. The van der Waals surface area contributed by atoms with Crippen LogP contribution < -0.4 is 14.3 Å². The fraction of sp³-hybridized carbons (Fsp3) is 0.400. The largest absolute Gasteiger partial charge is 0.507 e. The maximum atomic E-state index is 13.4. The van der Waals surface area contributed by atoms with Crippen LogP contribution in [0.25, 0.3) is 5.69 Å². The van der Waals surface area contributed by atoms with E-state index in [0.29, 0.717) is 11.3 Å². The lowest BCUT2D eigenvalue weighted by atomic mass is 10.2. The molecule has 0 spiro atoms. The number of hydrogen-bond donors (Lipinski definition) is 0. The third-order valence-electron chi connectivity index (χ3n) is 3.47. The number of hydrogen-bond acceptors (Lipinski definition) is 5. The Morgan fingerprint density at radius 1 is 1.15 bits per heavy atom. The number of halogens is 4. The van der Waals surface area contributed by atoms with E-state index in [1.807, 2.05) is 0 Å². The van der Waals surface area contributed by atoms with Crippen LogP contribution in [0.4, 0.5) is 17.6 Å². The van der Waals surface area contributed by atoms with Crippen LogP contribution in [0.2, 0.25) is 0 Å². The predicted molar refractivity (Wildman–Crippen MR) is 89.2 cm³/mol. The summed E-state index contributed by atoms with van der Waals surface area (Å²) in [5.41, 5.74) is 0.202. The Kier molecular flexibility index (Phi) is 4.75. The van der Waals surface area contributed by atoms with Gasteiger partial charge in [-0.25, -0.2) is 8.42 Å². The number of thiazole rings is 1. The molecule has 1 aromatic heterocycles. The molecule has 0 fully saturated rings. The molecule has 0 saturated carbocycles. The molecule has 0 aliphatic carbocycles. The standard InChI is InChI=1S/C15H14F4N2O4S2/c1-3-6-27(22,23)20-13-21(8-9(2)26-13)10-4-5-11-12(7-10)25-15(18,19)14(16,17)24-11/h4-5,7-8H,3,6H2,1-2H3/b20-13-. The number of alkyl halides is 4. The molecule has 2 heterocycles. The first-order valence-corrected chi connectivity index (χ1v) is 10.1. The number of benzene rings is 1. The van der Waals surface area contributed by atoms with Crippen molar-refractivity contribution in [3.63, 3.8) is 0 Å². The summed E-state index contributed by atoms with van der Waals surface area (Å²) in [5.74, 6) is -1.30. The lowest BCUT2D eigenvalue weighted by molar-refractivity contribution is -0.391. The van der Waals surface area contributed by atoms with Gasteiger partial charge in [0.15, 0.2) is 11.5 Å². The molecule has 0 atom stereocenters. The number of nitrogens with zero attached hydrogens (tertiary/aromatic N) is 2. The zero-order valence-electron chi connectivity index (χ0n) is 14.1. The van der Waals surface area contributed by atoms with E-state index in [-0.39, 0.29) is 16.2 Å². The highest BCUT2D eigenvalue weighted by Gasteiger charge is 2.65. The first kappa shape index (κ1) is 19.7. The molecule has 1 aliphatic rings. The van der Waals surface area contributed by atoms with E-state index in [2.05, 4.69) is 13.9 Å². The normalized spacial score (nSPS) is 18.5. The van der Waals surface area contributed by atoms with Crippen LogP contribution >= 0.6 is 11.3 Å². The molecule has 1 aromatic carbocycles. The summed E-state index contributed by atoms with van der Waals surface area (Å²) in [4.78, 5) is 0.793. The molecule has 0 unspecified atom stereocenters. The van der Waals surface area contributed by atoms with E-state index in [0.717, 1.165) is 23.5 Å². The molecular formula is C15H14F4N2O4S2. The van der Waals surface area contributed by atoms with Crippen molar-refractivity contribution >= 4 is 21.4 Å². The van der Waals surface area contributed by atoms with Crippen molar-refractivity contribution in [3.05, 3.63) is 34.1 Å². The molecule has 0 amide bonds. The quantitative estimate of drug-likeness (QED) is 0.703. The van der Waals surface area contributed by atoms with Crippen molar-refractivity contribution in [2.45, 2.75) is 32.5 Å². The number of rotatable bonds is 4. The molecule has 148 valence electrons. The van der Waals surface area contributed by atoms with Crippen molar-refractivity contribution in [3.8, 4) is 17.2 Å². The van der Waals surface area contributed by atoms with Crippen LogP contribution in [0.5, 0.6) is 11.5 Å². The van der Waals surface area contributed by atoms with Crippen molar-refractivity contribution in [2.24, 2.45) is 4.40 Å². The molecule has 0 bridgehead atoms. The maximum Gasteiger partial charge on any atom is 0.507 e. The fourth-order valence-electron chi connectivity index (χ4n) is 2.33. The van der Waals surface area contributed by atoms with E-state index in [9.17, 15) is 26.0 Å². The molecule has 27 heavy (non-hydrogen) atoms. The van der Waals surface area contributed by atoms with Crippen molar-refractivity contribution in [1.82, 2.24) is 4.57 Å². The SMILES string of the molecule is CCCS(=O)(=O)/N=c1\sc(C)cn1-c1ccc2c(c1)OC(F)(F)C(F)(F)O2. The lowest BCUT2D eigenvalue weighted by Crippen LogP contribution is -2.52. The van der Waals surface area contributed by atoms with E-state index >= 15 is 0 Å². The van der Waals surface area contributed by atoms with Gasteiger partial charge in [-0.15, -0.1) is 15.7 Å². The Labute approximate surface area is 155 Å². The molecular weight excluding hydrogens is 412 g/mol. The van der Waals surface area contributed by atoms with E-state index in [4.69, 9.17) is 0 Å². The van der Waals surface area contributed by atoms with Crippen LogP contribution in [0.15, 0.2) is 28.8 Å². The van der Waals surface area contributed by atoms with Crippen LogP contribution in [0.3, 0.4) is 0 Å². The number of aryl methyl sites for hydroxylation is 1. The van der Waals surface area contributed by atoms with Gasteiger partial charge in [0.25, 0.3) is 10.0 Å². The molecule has 0 N–H and O–H groups in total. The highest BCUT2D eigenvalue weighted by Crippen LogP contribution is 2.47. The highest BCUT2D eigenvalue weighted by atomic mass is 32.2. The Hall–Kier alpha value is -2.08. The van der Waals surface area contributed by atoms with Crippen LogP contribution in [-0.2, 0) is 10.0 Å². The average Bonchev–Trinajstić information content (AvgIpc) is 2.87. The predicted octanol–water partition coefficient (Wildman–Crippen LogP) is 3.44. The van der Waals surface area contributed by atoms with Crippen molar-refractivity contribution < 1.29 is 35.5 Å². The topological polar surface area (TPSA) is 69.9 Å². The van der Waals surface area contributed by atoms with Crippen LogP contribution in [-0.4, -0.2) is 31.0 Å². The smallest absolute Gasteiger partial charge is 0.421 e. The zero-order chi connectivity index (χ0) is 20.0. The number of sulfonamides is 1. The Morgan fingerprint density at radius 3 is 2.41 bits per heavy atom. The summed E-state index contributed by atoms with van der Waals surface area (Å²) in [7, 11) is -3.71. The monoisotopic (exact) mass is 426 g/mol. The molecule has 0 radical (unpaired) electrons. The van der Waals surface area contributed by atoms with Crippen LogP contribution in [0.1, 0.15) is 18.2 Å². The number of ether oxygens (including phenoxy) is 2. The van der Waals surface area contributed by atoms with Crippen molar-refractivity contribution in [2.75, 3.05) is 5.75 Å². The summed E-state index contributed by atoms with van der Waals surface area (Å²) >= 11 is 1.08. The second-order valence-corrected chi connectivity index (χ2v) is 8.71. The second kappa shape index (κ2) is 6.51. The average molecular weight is 426 g/mol. The third kappa shape index (κ3) is 3.81. The molecule has 0 saturated heterocycles. The minimum atomic E-state index is -4.84. The second-order valence-electron chi connectivity index (χ2n) is 5.74. The summed E-state index contributed by atoms with van der Waals surface area (Å²) in [5, 5.41) is 0. The van der Waals surface area contributed by atoms with E-state index in [1.165, 1.54) is 10.6 Å². The Morgan fingerprint density at radius 2 is 1.78 bits per heavy atom. The zero-order valence-corrected chi connectivity index (χ0v) is 15.7. The third-order valence-corrected chi connectivity index (χ3v) is 5.86. The van der Waals surface area contributed by atoms with Gasteiger partial charge in [-0.1, -0.05) is 6.92 Å². The molecule has 2 aromatic rings. The Balaban J connectivity index is 2.09. The first-order valence-electron chi connectivity index (χ1n) is 7.70. The van der Waals surface area contributed by atoms with Gasteiger partial charge in [0, 0.05) is 17.1 Å². The summed E-state index contributed by atoms with van der Waals surface area (Å²) in [6.07, 6.45) is -7.72. The van der Waals surface area contributed by atoms with E-state index < -0.39 is 33.7 Å². The minimum Gasteiger partial charge on any atom is -0.421 e. The maximum absolute atomic E-state index is 13.4. The summed E-state index contributed by atoms with van der Waals surface area (Å²) in [6, 6.07) is 3.40. The van der Waals surface area contributed by atoms with Crippen molar-refractivity contribution in [1.29, 1.82) is 0 Å². The molecule has 6 nitrogen and oxygen atoms in total. The highest BCUT2D eigenvalue weighted by molar-refractivity contribution is 7.90. The van der Waals surface area contributed by atoms with Gasteiger partial charge < -0.3 is 9.47 Å². The molecule has 3 rings (SSSR count). The first-order chi connectivity index (χ1) is 12.4. The number of aromatic nitrogens is 1. The van der Waals surface area contributed by atoms with Gasteiger partial charge >= 0.3 is 12.2 Å². The summed E-state index contributed by atoms with van der Waals surface area (Å²) < 4.78 is 90.4. The van der Waals surface area contributed by atoms with Gasteiger partial charge in [-0.05, 0) is 25.5 Å². The van der Waals surface area contributed by atoms with Gasteiger partial charge in [0.2, 0.25) is 4.80 Å².